The molecule has 88 valence electrons. The van der Waals surface area contributed by atoms with Crippen molar-refractivity contribution in [1.82, 2.24) is 0 Å². The molecule has 0 bridgehead atoms. The number of hydrogen-bond acceptors (Lipinski definition) is 3. The van der Waals surface area contributed by atoms with Crippen LogP contribution in [-0.2, 0) is 11.2 Å². The lowest BCUT2D eigenvalue weighted by Gasteiger charge is -2.06. The van der Waals surface area contributed by atoms with Gasteiger partial charge in [-0.05, 0) is 40.9 Å². The molecule has 0 saturated carbocycles. The number of amides is 1. The number of aryl methyl sites for hydroxylation is 1. The molecule has 0 unspecified atom stereocenters. The van der Waals surface area contributed by atoms with Gasteiger partial charge >= 0.3 is 0 Å². The number of carbonyl (C=O) groups is 1. The van der Waals surface area contributed by atoms with Crippen molar-refractivity contribution >= 4 is 22.9 Å². The van der Waals surface area contributed by atoms with Crippen LogP contribution < -0.4 is 5.32 Å². The van der Waals surface area contributed by atoms with Gasteiger partial charge < -0.3 is 10.4 Å². The fraction of sp³-hybridized carbons (Fsp3) is 0.154. The van der Waals surface area contributed by atoms with Gasteiger partial charge in [0, 0.05) is 11.8 Å². The minimum absolute atomic E-state index is 0.0772. The predicted octanol–water partition coefficient (Wildman–Crippen LogP) is 2.94. The Hall–Kier alpha value is -1.81. The van der Waals surface area contributed by atoms with Gasteiger partial charge in [-0.2, -0.15) is 11.3 Å². The van der Waals surface area contributed by atoms with Crippen LogP contribution >= 0.6 is 11.3 Å². The Morgan fingerprint density at radius 2 is 2.24 bits per heavy atom. The van der Waals surface area contributed by atoms with Crippen LogP contribution in [0.15, 0.2) is 35.0 Å². The largest absolute Gasteiger partial charge is 0.508 e. The first-order valence-electron chi connectivity index (χ1n) is 5.25. The molecule has 0 aliphatic carbocycles. The van der Waals surface area contributed by atoms with Crippen molar-refractivity contribution in [3.05, 3.63) is 46.2 Å². The number of hydrogen-bond donors (Lipinski definition) is 2. The minimum Gasteiger partial charge on any atom is -0.508 e. The minimum atomic E-state index is -0.0772. The van der Waals surface area contributed by atoms with Crippen molar-refractivity contribution in [2.75, 3.05) is 5.32 Å². The van der Waals surface area contributed by atoms with Crippen LogP contribution in [0.3, 0.4) is 0 Å². The number of benzene rings is 1. The maximum absolute atomic E-state index is 11.7. The second-order valence-corrected chi connectivity index (χ2v) is 4.64. The molecule has 1 amide bonds. The maximum atomic E-state index is 11.7. The molecule has 2 N–H and O–H groups in total. The highest BCUT2D eigenvalue weighted by Crippen LogP contribution is 2.21. The summed E-state index contributed by atoms with van der Waals surface area (Å²) in [6, 6.07) is 7.04. The lowest BCUT2D eigenvalue weighted by Crippen LogP contribution is -2.13. The topological polar surface area (TPSA) is 49.3 Å². The molecule has 4 heteroatoms. The molecule has 3 nitrogen and oxygen atoms in total. The van der Waals surface area contributed by atoms with E-state index in [4.69, 9.17) is 0 Å². The Balaban J connectivity index is 2.00. The molecular weight excluding hydrogens is 234 g/mol. The lowest BCUT2D eigenvalue weighted by molar-refractivity contribution is -0.115. The first kappa shape index (κ1) is 11.7. The van der Waals surface area contributed by atoms with Crippen molar-refractivity contribution in [2.45, 2.75) is 13.3 Å². The quantitative estimate of drug-likeness (QED) is 0.876. The van der Waals surface area contributed by atoms with E-state index in [9.17, 15) is 9.90 Å². The molecule has 1 aromatic carbocycles. The zero-order valence-electron chi connectivity index (χ0n) is 9.43. The molecule has 0 saturated heterocycles. The van der Waals surface area contributed by atoms with Gasteiger partial charge in [-0.15, -0.1) is 0 Å². The second-order valence-electron chi connectivity index (χ2n) is 3.86. The fourth-order valence-electron chi connectivity index (χ4n) is 1.47. The van der Waals surface area contributed by atoms with E-state index in [1.54, 1.807) is 29.5 Å². The van der Waals surface area contributed by atoms with E-state index in [2.05, 4.69) is 5.32 Å². The van der Waals surface area contributed by atoms with Crippen molar-refractivity contribution < 1.29 is 9.90 Å². The summed E-state index contributed by atoms with van der Waals surface area (Å²) in [6.45, 7) is 1.81. The molecule has 0 spiro atoms. The van der Waals surface area contributed by atoms with Crippen LogP contribution in [0, 0.1) is 6.92 Å². The fourth-order valence-corrected chi connectivity index (χ4v) is 2.14. The average Bonchev–Trinajstić information content (AvgIpc) is 2.76. The Kier molecular flexibility index (Phi) is 3.44. The first-order chi connectivity index (χ1) is 8.15. The van der Waals surface area contributed by atoms with Gasteiger partial charge in [0.15, 0.2) is 0 Å². The summed E-state index contributed by atoms with van der Waals surface area (Å²) in [5, 5.41) is 16.2. The molecule has 0 atom stereocenters. The Morgan fingerprint density at radius 3 is 2.88 bits per heavy atom. The normalized spacial score (nSPS) is 10.2. The van der Waals surface area contributed by atoms with Gasteiger partial charge in [0.05, 0.1) is 6.42 Å². The highest BCUT2D eigenvalue weighted by atomic mass is 32.1. The van der Waals surface area contributed by atoms with E-state index >= 15 is 0 Å². The van der Waals surface area contributed by atoms with E-state index in [1.165, 1.54) is 0 Å². The van der Waals surface area contributed by atoms with Crippen LogP contribution in [0.1, 0.15) is 11.1 Å². The highest BCUT2D eigenvalue weighted by molar-refractivity contribution is 7.08. The molecule has 0 aliphatic rings. The summed E-state index contributed by atoms with van der Waals surface area (Å²) in [4.78, 5) is 11.7. The molecule has 1 heterocycles. The molecule has 0 fully saturated rings. The number of carbonyl (C=O) groups excluding carboxylic acids is 1. The van der Waals surface area contributed by atoms with Crippen molar-refractivity contribution in [1.29, 1.82) is 0 Å². The van der Waals surface area contributed by atoms with Crippen LogP contribution in [-0.4, -0.2) is 11.0 Å². The molecule has 0 aliphatic heterocycles. The second kappa shape index (κ2) is 5.01. The standard InChI is InChI=1S/C13H13NO2S/c1-9-2-3-11(7-12(9)15)14-13(16)6-10-4-5-17-8-10/h2-5,7-8,15H,6H2,1H3,(H,14,16). The first-order valence-corrected chi connectivity index (χ1v) is 6.20. The summed E-state index contributed by atoms with van der Waals surface area (Å²) >= 11 is 1.57. The van der Waals surface area contributed by atoms with Crippen LogP contribution in [0.5, 0.6) is 5.75 Å². The van der Waals surface area contributed by atoms with E-state index in [-0.39, 0.29) is 11.7 Å². The highest BCUT2D eigenvalue weighted by Gasteiger charge is 2.05. The van der Waals surface area contributed by atoms with E-state index < -0.39 is 0 Å². The third-order valence-corrected chi connectivity index (χ3v) is 3.17. The molecule has 0 radical (unpaired) electrons. The summed E-state index contributed by atoms with van der Waals surface area (Å²) in [5.74, 6) is 0.116. The van der Waals surface area contributed by atoms with Crippen LogP contribution in [0.25, 0.3) is 0 Å². The Labute approximate surface area is 104 Å². The molecule has 2 aromatic rings. The third kappa shape index (κ3) is 3.07. The third-order valence-electron chi connectivity index (χ3n) is 2.44. The van der Waals surface area contributed by atoms with E-state index in [0.717, 1.165) is 11.1 Å². The number of phenolic OH excluding ortho intramolecular Hbond substituents is 1. The van der Waals surface area contributed by atoms with Gasteiger partial charge in [-0.3, -0.25) is 4.79 Å². The summed E-state index contributed by atoms with van der Waals surface area (Å²) in [6.07, 6.45) is 0.359. The van der Waals surface area contributed by atoms with Crippen LogP contribution in [0.2, 0.25) is 0 Å². The van der Waals surface area contributed by atoms with E-state index in [1.807, 2.05) is 23.8 Å². The lowest BCUT2D eigenvalue weighted by atomic mass is 10.2. The monoisotopic (exact) mass is 247 g/mol. The number of aromatic hydroxyl groups is 1. The van der Waals surface area contributed by atoms with Gasteiger partial charge in [-0.1, -0.05) is 6.07 Å². The molecule has 17 heavy (non-hydrogen) atoms. The SMILES string of the molecule is Cc1ccc(NC(=O)Cc2ccsc2)cc1O. The molecular formula is C13H13NO2S. The number of anilines is 1. The molecule has 2 rings (SSSR count). The molecule has 1 aromatic heterocycles. The Morgan fingerprint density at radius 1 is 1.41 bits per heavy atom. The Bertz CT molecular complexity index is 520. The van der Waals surface area contributed by atoms with Gasteiger partial charge in [0.2, 0.25) is 5.91 Å². The summed E-state index contributed by atoms with van der Waals surface area (Å²) in [5.41, 5.74) is 2.41. The van der Waals surface area contributed by atoms with Gasteiger partial charge in [0.1, 0.15) is 5.75 Å². The van der Waals surface area contributed by atoms with Crippen molar-refractivity contribution in [3.63, 3.8) is 0 Å². The number of rotatable bonds is 3. The average molecular weight is 247 g/mol. The summed E-state index contributed by atoms with van der Waals surface area (Å²) < 4.78 is 0. The maximum Gasteiger partial charge on any atom is 0.228 e. The van der Waals surface area contributed by atoms with Gasteiger partial charge in [0.25, 0.3) is 0 Å². The predicted molar refractivity (Wildman–Crippen MR) is 69.5 cm³/mol. The van der Waals surface area contributed by atoms with Gasteiger partial charge in [-0.25, -0.2) is 0 Å². The van der Waals surface area contributed by atoms with Crippen LogP contribution in [0.4, 0.5) is 5.69 Å². The number of nitrogens with one attached hydrogen (secondary N) is 1. The number of thiophene rings is 1. The smallest absolute Gasteiger partial charge is 0.228 e. The van der Waals surface area contributed by atoms with E-state index in [0.29, 0.717) is 12.1 Å². The zero-order valence-corrected chi connectivity index (χ0v) is 10.3. The number of phenols is 1. The summed E-state index contributed by atoms with van der Waals surface area (Å²) in [7, 11) is 0. The van der Waals surface area contributed by atoms with Crippen molar-refractivity contribution in [3.8, 4) is 5.75 Å². The zero-order chi connectivity index (χ0) is 12.3. The van der Waals surface area contributed by atoms with Crippen molar-refractivity contribution in [2.24, 2.45) is 0 Å².